The van der Waals surface area contributed by atoms with Crippen LogP contribution in [0.3, 0.4) is 0 Å². The van der Waals surface area contributed by atoms with Crippen molar-refractivity contribution in [2.75, 3.05) is 20.2 Å². The van der Waals surface area contributed by atoms with Crippen LogP contribution in [0, 0.1) is 0 Å². The Labute approximate surface area is 203 Å². The van der Waals surface area contributed by atoms with Gasteiger partial charge in [0.1, 0.15) is 34.2 Å². The second kappa shape index (κ2) is 9.36. The molecule has 1 aromatic heterocycles. The second-order valence-electron chi connectivity index (χ2n) is 9.52. The van der Waals surface area contributed by atoms with Crippen molar-refractivity contribution in [2.45, 2.75) is 44.8 Å². The minimum atomic E-state index is -0.985. The number of imidazole rings is 1. The van der Waals surface area contributed by atoms with Gasteiger partial charge < -0.3 is 34.5 Å². The van der Waals surface area contributed by atoms with E-state index in [1.165, 1.54) is 4.90 Å². The fourth-order valence-corrected chi connectivity index (χ4v) is 4.06. The van der Waals surface area contributed by atoms with Crippen LogP contribution in [0.25, 0.3) is 11.0 Å². The number of aromatic amines is 1. The number of amides is 2. The first-order chi connectivity index (χ1) is 16.6. The van der Waals surface area contributed by atoms with Crippen molar-refractivity contribution >= 4 is 23.2 Å². The minimum absolute atomic E-state index is 0.258. The molecule has 2 heterocycles. The molecule has 3 N–H and O–H groups in total. The third-order valence-corrected chi connectivity index (χ3v) is 5.83. The van der Waals surface area contributed by atoms with Crippen LogP contribution in [0.15, 0.2) is 42.5 Å². The number of aromatic nitrogens is 2. The molecule has 0 bridgehead atoms. The van der Waals surface area contributed by atoms with E-state index >= 15 is 0 Å². The van der Waals surface area contributed by atoms with E-state index in [2.05, 4.69) is 10.3 Å². The molecule has 1 saturated heterocycles. The highest BCUT2D eigenvalue weighted by atomic mass is 16.6. The Kier molecular flexibility index (Phi) is 6.47. The van der Waals surface area contributed by atoms with E-state index in [1.807, 2.05) is 42.5 Å². The van der Waals surface area contributed by atoms with Gasteiger partial charge in [0.25, 0.3) is 0 Å². The Hall–Kier alpha value is -3.95. The average Bonchev–Trinajstić information content (AvgIpc) is 3.23. The highest BCUT2D eigenvalue weighted by Crippen LogP contribution is 2.34. The molecule has 1 aliphatic heterocycles. The topological polar surface area (TPSA) is 126 Å². The number of nitrogens with one attached hydrogen (secondary N) is 2. The number of carbonyl (C=O) groups excluding carboxylic acids is 1. The zero-order valence-electron chi connectivity index (χ0n) is 20.3. The van der Waals surface area contributed by atoms with Gasteiger partial charge in [-0.15, -0.1) is 0 Å². The largest absolute Gasteiger partial charge is 0.497 e. The third-order valence-electron chi connectivity index (χ3n) is 5.83. The molecule has 2 aromatic carbocycles. The maximum Gasteiger partial charge on any atom is 0.408 e. The first kappa shape index (κ1) is 24.2. The number of carboxylic acid groups (broad SMARTS) is 1. The molecule has 1 fully saturated rings. The van der Waals surface area contributed by atoms with Crippen LogP contribution >= 0.6 is 0 Å². The van der Waals surface area contributed by atoms with Crippen LogP contribution in [0.2, 0.25) is 0 Å². The number of rotatable bonds is 5. The van der Waals surface area contributed by atoms with Gasteiger partial charge in [-0.05, 0) is 70.0 Å². The summed E-state index contributed by atoms with van der Waals surface area (Å²) in [6.45, 7) is 5.88. The fourth-order valence-electron chi connectivity index (χ4n) is 4.06. The molecular formula is C25H30N4O6. The SMILES string of the molecule is COc1ccc(Oc2ccc3nc(C4(NC(=O)OC(C)(C)C)CCN(C(=O)O)CC4)[nH]c3c2)cc1. The molecule has 1 aliphatic rings. The summed E-state index contributed by atoms with van der Waals surface area (Å²) < 4.78 is 16.6. The highest BCUT2D eigenvalue weighted by Gasteiger charge is 2.42. The van der Waals surface area contributed by atoms with Crippen molar-refractivity contribution in [1.82, 2.24) is 20.2 Å². The summed E-state index contributed by atoms with van der Waals surface area (Å²) in [5.74, 6) is 2.56. The van der Waals surface area contributed by atoms with E-state index < -0.39 is 23.3 Å². The summed E-state index contributed by atoms with van der Waals surface area (Å²) in [5.41, 5.74) is -0.135. The van der Waals surface area contributed by atoms with Crippen LogP contribution in [0.5, 0.6) is 17.2 Å². The third kappa shape index (κ3) is 5.59. The lowest BCUT2D eigenvalue weighted by atomic mass is 9.87. The molecule has 3 aromatic rings. The second-order valence-corrected chi connectivity index (χ2v) is 9.52. The molecule has 10 nitrogen and oxygen atoms in total. The number of fused-ring (bicyclic) bond motifs is 1. The van der Waals surface area contributed by atoms with Crippen molar-refractivity contribution in [3.8, 4) is 17.2 Å². The number of H-pyrrole nitrogens is 1. The number of likely N-dealkylation sites (tertiary alicyclic amines) is 1. The zero-order chi connectivity index (χ0) is 25.2. The van der Waals surface area contributed by atoms with E-state index in [0.717, 1.165) is 11.3 Å². The molecule has 0 unspecified atom stereocenters. The Morgan fingerprint density at radius 2 is 1.69 bits per heavy atom. The number of methoxy groups -OCH3 is 1. The van der Waals surface area contributed by atoms with E-state index in [1.54, 1.807) is 27.9 Å². The van der Waals surface area contributed by atoms with Gasteiger partial charge in [-0.3, -0.25) is 0 Å². The number of hydrogen-bond acceptors (Lipinski definition) is 6. The molecule has 0 atom stereocenters. The van der Waals surface area contributed by atoms with E-state index in [9.17, 15) is 14.7 Å². The lowest BCUT2D eigenvalue weighted by molar-refractivity contribution is 0.0374. The predicted octanol–water partition coefficient (Wildman–Crippen LogP) is 4.86. The van der Waals surface area contributed by atoms with E-state index in [4.69, 9.17) is 19.2 Å². The first-order valence-corrected chi connectivity index (χ1v) is 11.4. The molecule has 186 valence electrons. The Morgan fingerprint density at radius 3 is 2.29 bits per heavy atom. The maximum atomic E-state index is 12.7. The summed E-state index contributed by atoms with van der Waals surface area (Å²) >= 11 is 0. The fraction of sp³-hybridized carbons (Fsp3) is 0.400. The number of alkyl carbamates (subject to hydrolysis) is 1. The summed E-state index contributed by atoms with van der Waals surface area (Å²) in [7, 11) is 1.61. The Balaban J connectivity index is 1.61. The Bertz CT molecular complexity index is 1210. The van der Waals surface area contributed by atoms with Crippen molar-refractivity contribution in [1.29, 1.82) is 0 Å². The number of hydrogen-bond donors (Lipinski definition) is 3. The van der Waals surface area contributed by atoms with Crippen LogP contribution in [0.1, 0.15) is 39.4 Å². The van der Waals surface area contributed by atoms with Crippen LogP contribution in [-0.2, 0) is 10.3 Å². The van der Waals surface area contributed by atoms with Gasteiger partial charge in [-0.25, -0.2) is 14.6 Å². The van der Waals surface area contributed by atoms with Crippen LogP contribution in [0.4, 0.5) is 9.59 Å². The number of ether oxygens (including phenoxy) is 3. The monoisotopic (exact) mass is 482 g/mol. The lowest BCUT2D eigenvalue weighted by Gasteiger charge is -2.40. The van der Waals surface area contributed by atoms with Gasteiger partial charge in [-0.2, -0.15) is 0 Å². The molecule has 10 heteroatoms. The van der Waals surface area contributed by atoms with Crippen molar-refractivity contribution in [2.24, 2.45) is 0 Å². The van der Waals surface area contributed by atoms with Gasteiger partial charge >= 0.3 is 12.2 Å². The van der Waals surface area contributed by atoms with Crippen molar-refractivity contribution in [3.63, 3.8) is 0 Å². The van der Waals surface area contributed by atoms with Gasteiger partial charge in [0.15, 0.2) is 0 Å². The predicted molar refractivity (Wildman–Crippen MR) is 129 cm³/mol. The minimum Gasteiger partial charge on any atom is -0.497 e. The molecule has 0 aliphatic carbocycles. The van der Waals surface area contributed by atoms with Crippen LogP contribution in [-0.4, -0.2) is 58.0 Å². The molecule has 2 amide bonds. The average molecular weight is 483 g/mol. The van der Waals surface area contributed by atoms with Crippen molar-refractivity contribution in [3.05, 3.63) is 48.3 Å². The number of piperidine rings is 1. The normalized spacial score (nSPS) is 15.5. The van der Waals surface area contributed by atoms with Gasteiger partial charge in [0.2, 0.25) is 0 Å². The van der Waals surface area contributed by atoms with Gasteiger partial charge in [-0.1, -0.05) is 0 Å². The summed E-state index contributed by atoms with van der Waals surface area (Å²) in [5, 5.41) is 12.4. The molecule has 0 saturated carbocycles. The molecule has 0 spiro atoms. The zero-order valence-corrected chi connectivity index (χ0v) is 20.3. The summed E-state index contributed by atoms with van der Waals surface area (Å²) in [6.07, 6.45) is -0.854. The van der Waals surface area contributed by atoms with Gasteiger partial charge in [0, 0.05) is 19.2 Å². The summed E-state index contributed by atoms with van der Waals surface area (Å²) in [4.78, 5) is 33.5. The van der Waals surface area contributed by atoms with Crippen LogP contribution < -0.4 is 14.8 Å². The van der Waals surface area contributed by atoms with E-state index in [0.29, 0.717) is 35.7 Å². The number of benzene rings is 2. The first-order valence-electron chi connectivity index (χ1n) is 11.4. The van der Waals surface area contributed by atoms with Crippen molar-refractivity contribution < 1.29 is 28.9 Å². The quantitative estimate of drug-likeness (QED) is 0.474. The van der Waals surface area contributed by atoms with Gasteiger partial charge in [0.05, 0.1) is 18.1 Å². The smallest absolute Gasteiger partial charge is 0.408 e. The molecule has 35 heavy (non-hydrogen) atoms. The highest BCUT2D eigenvalue weighted by molar-refractivity contribution is 5.78. The van der Waals surface area contributed by atoms with E-state index in [-0.39, 0.29) is 13.1 Å². The standard InChI is InChI=1S/C25H30N4O6/c1-24(2,3)35-22(30)28-25(11-13-29(14-12-25)23(31)32)21-26-19-10-9-18(15-20(19)27-21)34-17-7-5-16(33-4)6-8-17/h5-10,15H,11-14H2,1-4H3,(H,26,27)(H,28,30)(H,31,32). The summed E-state index contributed by atoms with van der Waals surface area (Å²) in [6, 6.07) is 12.8. The maximum absolute atomic E-state index is 12.7. The number of carbonyl (C=O) groups is 2. The Morgan fingerprint density at radius 1 is 1.06 bits per heavy atom. The molecule has 0 radical (unpaired) electrons. The number of nitrogens with zero attached hydrogens (tertiary/aromatic N) is 2. The lowest BCUT2D eigenvalue weighted by Crippen LogP contribution is -2.55. The molecule has 4 rings (SSSR count). The molecular weight excluding hydrogens is 452 g/mol.